The third-order valence-electron chi connectivity index (χ3n) is 6.12. The predicted molar refractivity (Wildman–Crippen MR) is 98.0 cm³/mol. The van der Waals surface area contributed by atoms with E-state index < -0.39 is 5.60 Å². The summed E-state index contributed by atoms with van der Waals surface area (Å²) < 4.78 is 5.63. The molecule has 1 heterocycles. The minimum absolute atomic E-state index is 0.00111. The van der Waals surface area contributed by atoms with E-state index in [1.807, 2.05) is 26.8 Å². The number of Topliss-reactive ketones (excluding diaryl/α,β-unsaturated/α-hetero) is 1. The molecule has 1 saturated carbocycles. The number of nitrogens with zero attached hydrogens (tertiary/aromatic N) is 1. The second kappa shape index (κ2) is 5.46. The van der Waals surface area contributed by atoms with E-state index in [1.165, 1.54) is 5.57 Å². The number of hydrogen-bond acceptors (Lipinski definition) is 3. The Labute approximate surface area is 151 Å². The van der Waals surface area contributed by atoms with Gasteiger partial charge >= 0.3 is 6.09 Å². The summed E-state index contributed by atoms with van der Waals surface area (Å²) in [5.74, 6) is 0.514. The molecule has 1 amide bonds. The Morgan fingerprint density at radius 2 is 1.96 bits per heavy atom. The number of carbonyl (C=O) groups excluding carboxylic acids is 2. The van der Waals surface area contributed by atoms with Crippen LogP contribution in [0.5, 0.6) is 0 Å². The van der Waals surface area contributed by atoms with Crippen LogP contribution in [-0.4, -0.2) is 28.9 Å². The van der Waals surface area contributed by atoms with Crippen molar-refractivity contribution >= 4 is 11.9 Å². The van der Waals surface area contributed by atoms with Crippen LogP contribution < -0.4 is 0 Å². The van der Waals surface area contributed by atoms with Gasteiger partial charge in [0.2, 0.25) is 0 Å². The van der Waals surface area contributed by atoms with Crippen molar-refractivity contribution in [3.63, 3.8) is 0 Å². The van der Waals surface area contributed by atoms with Crippen molar-refractivity contribution in [3.8, 4) is 0 Å². The van der Waals surface area contributed by atoms with Crippen LogP contribution in [0.15, 0.2) is 22.9 Å². The second-order valence-corrected chi connectivity index (χ2v) is 9.45. The van der Waals surface area contributed by atoms with Crippen LogP contribution in [0.4, 0.5) is 4.79 Å². The van der Waals surface area contributed by atoms with Crippen molar-refractivity contribution in [1.82, 2.24) is 4.90 Å². The number of allylic oxidation sites excluding steroid dienone is 3. The van der Waals surface area contributed by atoms with Crippen molar-refractivity contribution in [3.05, 3.63) is 22.9 Å². The summed E-state index contributed by atoms with van der Waals surface area (Å²) in [5.41, 5.74) is 2.68. The molecule has 3 rings (SSSR count). The van der Waals surface area contributed by atoms with Crippen molar-refractivity contribution in [2.24, 2.45) is 16.7 Å². The molecule has 0 aromatic rings. The lowest BCUT2D eigenvalue weighted by atomic mass is 9.69. The maximum Gasteiger partial charge on any atom is 0.414 e. The summed E-state index contributed by atoms with van der Waals surface area (Å²) in [5, 5.41) is 0. The molecule has 138 valence electrons. The van der Waals surface area contributed by atoms with Gasteiger partial charge < -0.3 is 4.74 Å². The molecule has 0 spiro atoms. The lowest BCUT2D eigenvalue weighted by Crippen LogP contribution is -2.44. The molecule has 4 nitrogen and oxygen atoms in total. The average molecular weight is 345 g/mol. The molecule has 0 saturated heterocycles. The average Bonchev–Trinajstić information content (AvgIpc) is 3.19. The van der Waals surface area contributed by atoms with Gasteiger partial charge in [-0.3, -0.25) is 9.69 Å². The lowest BCUT2D eigenvalue weighted by Gasteiger charge is -2.44. The minimum atomic E-state index is -0.528. The zero-order chi connectivity index (χ0) is 18.8. The quantitative estimate of drug-likeness (QED) is 0.718. The van der Waals surface area contributed by atoms with Crippen molar-refractivity contribution < 1.29 is 14.3 Å². The van der Waals surface area contributed by atoms with Gasteiger partial charge in [0.25, 0.3) is 0 Å². The van der Waals surface area contributed by atoms with Crippen LogP contribution in [0.25, 0.3) is 0 Å². The molecule has 0 aromatic heterocycles. The Morgan fingerprint density at radius 3 is 2.48 bits per heavy atom. The number of carbonyl (C=O) groups is 2. The molecule has 0 bridgehead atoms. The van der Waals surface area contributed by atoms with E-state index in [4.69, 9.17) is 4.74 Å². The first-order chi connectivity index (χ1) is 11.4. The van der Waals surface area contributed by atoms with Gasteiger partial charge in [-0.1, -0.05) is 20.8 Å². The van der Waals surface area contributed by atoms with E-state index in [1.54, 1.807) is 11.8 Å². The van der Waals surface area contributed by atoms with Crippen molar-refractivity contribution in [2.75, 3.05) is 6.54 Å². The summed E-state index contributed by atoms with van der Waals surface area (Å²) in [6.07, 6.45) is 4.61. The van der Waals surface area contributed by atoms with Gasteiger partial charge in [0, 0.05) is 23.2 Å². The van der Waals surface area contributed by atoms with E-state index in [9.17, 15) is 9.59 Å². The number of amides is 1. The first-order valence-corrected chi connectivity index (χ1v) is 9.41. The Hall–Kier alpha value is -1.58. The fourth-order valence-corrected chi connectivity index (χ4v) is 4.75. The summed E-state index contributed by atoms with van der Waals surface area (Å²) in [6.45, 7) is 14.6. The fraction of sp³-hybridized carbons (Fsp3) is 0.714. The molecule has 2 atom stereocenters. The van der Waals surface area contributed by atoms with Crippen molar-refractivity contribution in [2.45, 2.75) is 73.3 Å². The predicted octanol–water partition coefficient (Wildman–Crippen LogP) is 4.85. The number of fused-ring (bicyclic) bond motifs is 2. The lowest BCUT2D eigenvalue weighted by molar-refractivity contribution is -0.114. The zero-order valence-corrected chi connectivity index (χ0v) is 16.7. The van der Waals surface area contributed by atoms with Crippen LogP contribution in [0.2, 0.25) is 0 Å². The Balaban J connectivity index is 2.08. The molecule has 25 heavy (non-hydrogen) atoms. The number of hydrogen-bond donors (Lipinski definition) is 0. The van der Waals surface area contributed by atoms with Gasteiger partial charge in [0.1, 0.15) is 5.60 Å². The molecule has 4 heteroatoms. The van der Waals surface area contributed by atoms with Crippen LogP contribution in [0.3, 0.4) is 0 Å². The molecule has 2 aliphatic carbocycles. The molecule has 0 radical (unpaired) electrons. The topological polar surface area (TPSA) is 46.6 Å². The van der Waals surface area contributed by atoms with Crippen molar-refractivity contribution in [1.29, 1.82) is 0 Å². The second-order valence-electron chi connectivity index (χ2n) is 9.45. The highest BCUT2D eigenvalue weighted by Gasteiger charge is 2.63. The van der Waals surface area contributed by atoms with Gasteiger partial charge in [-0.05, 0) is 69.9 Å². The van der Waals surface area contributed by atoms with Crippen LogP contribution in [0.1, 0.15) is 67.7 Å². The zero-order valence-electron chi connectivity index (χ0n) is 16.7. The summed E-state index contributed by atoms with van der Waals surface area (Å²) >= 11 is 0. The maximum absolute atomic E-state index is 12.8. The normalized spacial score (nSPS) is 30.3. The Kier molecular flexibility index (Phi) is 3.98. The molecule has 1 fully saturated rings. The van der Waals surface area contributed by atoms with E-state index in [0.717, 1.165) is 30.5 Å². The first kappa shape index (κ1) is 18.2. The largest absolute Gasteiger partial charge is 0.443 e. The first-order valence-electron chi connectivity index (χ1n) is 9.41. The van der Waals surface area contributed by atoms with E-state index in [2.05, 4.69) is 20.8 Å². The fourth-order valence-electron chi connectivity index (χ4n) is 4.75. The summed E-state index contributed by atoms with van der Waals surface area (Å²) in [4.78, 5) is 26.9. The molecule has 0 N–H and O–H groups in total. The highest BCUT2D eigenvalue weighted by Crippen LogP contribution is 2.69. The highest BCUT2D eigenvalue weighted by atomic mass is 16.6. The molecular formula is C21H31NO3. The minimum Gasteiger partial charge on any atom is -0.443 e. The third-order valence-corrected chi connectivity index (χ3v) is 6.12. The van der Waals surface area contributed by atoms with Crippen LogP contribution in [0, 0.1) is 16.7 Å². The molecule has 3 aliphatic rings. The molecule has 2 unspecified atom stereocenters. The van der Waals surface area contributed by atoms with E-state index in [0.29, 0.717) is 12.5 Å². The molecule has 0 aromatic carbocycles. The number of ether oxygens (including phenoxy) is 1. The summed E-state index contributed by atoms with van der Waals surface area (Å²) in [6, 6.07) is 0. The number of ketones is 1. The molecule has 1 aliphatic heterocycles. The third kappa shape index (κ3) is 2.84. The standard InChI is InChI=1S/C21H31NO3/c1-8-21-12-15(21)17-16(11-14(21)13(2)23)22(10-9-20(17,6)7)18(24)25-19(3,4)5/h11,15H,8-10,12H2,1-7H3. The van der Waals surface area contributed by atoms with Gasteiger partial charge in [0.15, 0.2) is 5.78 Å². The Bertz CT molecular complexity index is 692. The Morgan fingerprint density at radius 1 is 1.32 bits per heavy atom. The molecular weight excluding hydrogens is 314 g/mol. The van der Waals surface area contributed by atoms with E-state index in [-0.39, 0.29) is 22.7 Å². The van der Waals surface area contributed by atoms with E-state index >= 15 is 0 Å². The smallest absolute Gasteiger partial charge is 0.414 e. The summed E-state index contributed by atoms with van der Waals surface area (Å²) in [7, 11) is 0. The van der Waals surface area contributed by atoms with Gasteiger partial charge in [-0.15, -0.1) is 0 Å². The highest BCUT2D eigenvalue weighted by molar-refractivity contribution is 5.97. The SMILES string of the molecule is CCC12CC1C1=C(C=C2C(C)=O)N(C(=O)OC(C)(C)C)CCC1(C)C. The van der Waals surface area contributed by atoms with Crippen LogP contribution >= 0.6 is 0 Å². The van der Waals surface area contributed by atoms with Gasteiger partial charge in [-0.2, -0.15) is 0 Å². The monoisotopic (exact) mass is 345 g/mol. The van der Waals surface area contributed by atoms with Gasteiger partial charge in [0.05, 0.1) is 0 Å². The maximum atomic E-state index is 12.8. The van der Waals surface area contributed by atoms with Crippen LogP contribution in [-0.2, 0) is 9.53 Å². The number of rotatable bonds is 2. The van der Waals surface area contributed by atoms with Gasteiger partial charge in [-0.25, -0.2) is 4.79 Å².